The summed E-state index contributed by atoms with van der Waals surface area (Å²) >= 11 is 0. The number of amides is 1. The van der Waals surface area contributed by atoms with E-state index in [1.54, 1.807) is 37.4 Å². The first-order valence-electron chi connectivity index (χ1n) is 22.9. The van der Waals surface area contributed by atoms with Gasteiger partial charge in [0.25, 0.3) is 21.6 Å². The summed E-state index contributed by atoms with van der Waals surface area (Å²) in [6.07, 6.45) is 0.961. The van der Waals surface area contributed by atoms with Gasteiger partial charge in [0.2, 0.25) is 17.8 Å². The van der Waals surface area contributed by atoms with Gasteiger partial charge < -0.3 is 34.1 Å². The Hall–Kier alpha value is -5.52. The van der Waals surface area contributed by atoms with Gasteiger partial charge in [-0.15, -0.1) is 0 Å². The number of anilines is 2. The van der Waals surface area contributed by atoms with Gasteiger partial charge in [0, 0.05) is 100 Å². The molecule has 6 atom stereocenters. The van der Waals surface area contributed by atoms with E-state index in [2.05, 4.69) is 26.9 Å². The molecule has 1 spiro atoms. The number of aromatic nitrogens is 2. The molecule has 3 N–H and O–H groups in total. The topological polar surface area (TPSA) is 209 Å². The second kappa shape index (κ2) is 17.8. The summed E-state index contributed by atoms with van der Waals surface area (Å²) < 4.78 is 97.9. The molecule has 68 heavy (non-hydrogen) atoms. The molecule has 18 nitrogen and oxygen atoms in total. The first-order chi connectivity index (χ1) is 32.5. The van der Waals surface area contributed by atoms with E-state index in [1.807, 2.05) is 9.80 Å². The Balaban J connectivity index is 0.882. The van der Waals surface area contributed by atoms with Crippen molar-refractivity contribution in [3.8, 4) is 11.5 Å². The van der Waals surface area contributed by atoms with Crippen LogP contribution in [0.1, 0.15) is 62.7 Å². The predicted octanol–water partition coefficient (Wildman–Crippen LogP) is 7.40. The summed E-state index contributed by atoms with van der Waals surface area (Å²) in [7, 11) is -4.65. The molecule has 4 aromatic rings. The highest BCUT2D eigenvalue weighted by atomic mass is 32.2. The number of benzene rings is 2. The van der Waals surface area contributed by atoms with E-state index < -0.39 is 67.0 Å². The van der Waals surface area contributed by atoms with Crippen LogP contribution in [0.3, 0.4) is 0 Å². The smallest absolute Gasteiger partial charge is 0.449 e. The van der Waals surface area contributed by atoms with Gasteiger partial charge in [-0.1, -0.05) is 6.92 Å². The molecule has 2 bridgehead atoms. The zero-order valence-corrected chi connectivity index (χ0v) is 38.2. The van der Waals surface area contributed by atoms with E-state index in [1.165, 1.54) is 24.4 Å². The fourth-order valence-corrected chi connectivity index (χ4v) is 11.8. The number of allylic oxidation sites excluding steroid dienone is 1. The Labute approximate surface area is 389 Å². The maximum absolute atomic E-state index is 14.9. The quantitative estimate of drug-likeness (QED) is 0.0718. The molecule has 6 aliphatic heterocycles. The van der Waals surface area contributed by atoms with Crippen LogP contribution in [0.5, 0.6) is 11.5 Å². The number of piperazine rings is 1. The summed E-state index contributed by atoms with van der Waals surface area (Å²) in [4.78, 5) is 48.2. The maximum Gasteiger partial charge on any atom is 0.449 e. The molecule has 8 heterocycles. The van der Waals surface area contributed by atoms with Crippen molar-refractivity contribution < 1.29 is 60.0 Å². The highest BCUT2D eigenvalue weighted by Gasteiger charge is 2.70. The third kappa shape index (κ3) is 8.74. The minimum Gasteiger partial charge on any atom is -0.456 e. The molecule has 11 rings (SSSR count). The van der Waals surface area contributed by atoms with Crippen LogP contribution in [0.15, 0.2) is 77.2 Å². The lowest BCUT2D eigenvalue weighted by molar-refractivity contribution is -0.557. The molecule has 2 aromatic carbocycles. The molecule has 364 valence electrons. The number of carbonyl (C=O) groups is 1. The van der Waals surface area contributed by atoms with Crippen LogP contribution >= 0.6 is 0 Å². The zero-order valence-electron chi connectivity index (χ0n) is 37.4. The van der Waals surface area contributed by atoms with Crippen molar-refractivity contribution in [1.29, 1.82) is 0 Å². The van der Waals surface area contributed by atoms with Crippen molar-refractivity contribution in [2.45, 2.75) is 81.1 Å². The first-order valence-corrected chi connectivity index (χ1v) is 24.4. The molecule has 0 unspecified atom stereocenters. The van der Waals surface area contributed by atoms with Gasteiger partial charge in [0.1, 0.15) is 22.8 Å². The van der Waals surface area contributed by atoms with Crippen LogP contribution in [-0.2, 0) is 34.0 Å². The molecule has 1 aliphatic carbocycles. The fourth-order valence-electron chi connectivity index (χ4n) is 10.8. The largest absolute Gasteiger partial charge is 0.456 e. The van der Waals surface area contributed by atoms with Gasteiger partial charge >= 0.3 is 6.18 Å². The number of alkyl halides is 3. The number of hydrogen-bond acceptors (Lipinski definition) is 15. The monoisotopic (exact) mass is 967 g/mol. The molecule has 0 radical (unpaired) electrons. The number of H-pyrrole nitrogens is 1. The van der Waals surface area contributed by atoms with Gasteiger partial charge in [-0.3, -0.25) is 19.8 Å². The maximum atomic E-state index is 14.9. The number of pyridine rings is 1. The molecule has 1 amide bonds. The molecule has 7 aliphatic rings. The van der Waals surface area contributed by atoms with Gasteiger partial charge in [-0.2, -0.15) is 13.2 Å². The number of halogens is 3. The highest BCUT2D eigenvalue weighted by Crippen LogP contribution is 2.61. The summed E-state index contributed by atoms with van der Waals surface area (Å²) in [6, 6.07) is 11.5. The average Bonchev–Trinajstić information content (AvgIpc) is 3.67. The lowest BCUT2D eigenvalue weighted by atomic mass is 9.59. The zero-order chi connectivity index (χ0) is 47.6. The van der Waals surface area contributed by atoms with E-state index in [0.29, 0.717) is 81.9 Å². The van der Waals surface area contributed by atoms with E-state index in [0.717, 1.165) is 25.3 Å². The Bertz CT molecular complexity index is 2740. The lowest BCUT2D eigenvalue weighted by Crippen LogP contribution is -2.68. The lowest BCUT2D eigenvalue weighted by Gasteiger charge is -2.57. The van der Waals surface area contributed by atoms with Gasteiger partial charge in [-0.25, -0.2) is 27.9 Å². The standard InChI is InChI=1S/C46H52F3N7O11S/c1-27-3-7-36-34(40(46(47,48)49)64-43-45(36)35(27)9-13-44(2,65-43)66-67-45)26-54-15-17-55(18-16-54)30-4-6-33(39(22-30)63-31-21-29-10-14-50-41(29)52-25-31)42(57)53-68(60,61)32-5-8-37(38(23-32)56(58)59)51-24-28-11-19-62-20-12-28/h4-6,8,10,14,21-23,25,27-28,35-36,43,51H,3,7,9,11-13,15-20,24,26H2,1-2H3,(H,50,52)(H,53,57)/t27-,35+,36+,43-,44-,45-/m1/s1. The summed E-state index contributed by atoms with van der Waals surface area (Å²) in [5.41, 5.74) is -0.400. The SMILES string of the molecule is C[C@@H]1CC[C@H]2C(CN3CCN(c4ccc(C(=O)NS(=O)(=O)c5ccc(NCC6CCOCC6)c([N+](=O)[O-])c5)c(Oc5cnc6[nH]ccc6c5)c4)CC3)=C(C(F)(F)F)O[C@@H]3O[C@@]4(C)CC[C@@H]1[C@]32OO4. The highest BCUT2D eigenvalue weighted by molar-refractivity contribution is 7.90. The molecule has 1 saturated carbocycles. The Kier molecular flexibility index (Phi) is 12.1. The fraction of sp³-hybridized carbons (Fsp3) is 0.522. The summed E-state index contributed by atoms with van der Waals surface area (Å²) in [6.45, 7) is 6.86. The van der Waals surface area contributed by atoms with Crippen molar-refractivity contribution in [1.82, 2.24) is 19.6 Å². The second-order valence-electron chi connectivity index (χ2n) is 18.8. The number of nitrogens with zero attached hydrogens (tertiary/aromatic N) is 4. The van der Waals surface area contributed by atoms with Gasteiger partial charge in [0.15, 0.2) is 5.60 Å². The van der Waals surface area contributed by atoms with E-state index in [-0.39, 0.29) is 52.6 Å². The third-order valence-corrected chi connectivity index (χ3v) is 15.8. The van der Waals surface area contributed by atoms with Crippen LogP contribution in [-0.4, -0.2) is 110 Å². The minimum absolute atomic E-state index is 0.0151. The van der Waals surface area contributed by atoms with Crippen molar-refractivity contribution in [3.63, 3.8) is 0 Å². The Morgan fingerprint density at radius 1 is 1.03 bits per heavy atom. The number of hydrogen-bond donors (Lipinski definition) is 3. The number of nitrogens with one attached hydrogen (secondary N) is 3. The number of aromatic amines is 1. The van der Waals surface area contributed by atoms with Crippen molar-refractivity contribution in [2.24, 2.45) is 23.7 Å². The van der Waals surface area contributed by atoms with Crippen LogP contribution in [0.2, 0.25) is 0 Å². The number of nitro groups is 1. The van der Waals surface area contributed by atoms with Crippen LogP contribution < -0.4 is 19.7 Å². The number of carbonyl (C=O) groups excluding carboxylic acids is 1. The average molecular weight is 968 g/mol. The summed E-state index contributed by atoms with van der Waals surface area (Å²) in [5, 5.41) is 15.9. The molecule has 5 saturated heterocycles. The van der Waals surface area contributed by atoms with Gasteiger partial charge in [-0.05, 0) is 92.8 Å². The Morgan fingerprint density at radius 2 is 1.82 bits per heavy atom. The molecule has 22 heteroatoms. The van der Waals surface area contributed by atoms with Crippen molar-refractivity contribution in [2.75, 3.05) is 62.7 Å². The molecule has 6 fully saturated rings. The Morgan fingerprint density at radius 3 is 2.59 bits per heavy atom. The predicted molar refractivity (Wildman–Crippen MR) is 238 cm³/mol. The first kappa shape index (κ1) is 46.2. The number of fused-ring (bicyclic) bond motifs is 3. The molecular formula is C46H52F3N7O11S. The van der Waals surface area contributed by atoms with Gasteiger partial charge in [0.05, 0.1) is 21.6 Å². The van der Waals surface area contributed by atoms with E-state index in [9.17, 15) is 36.5 Å². The number of sulfonamides is 1. The normalized spacial score (nSPS) is 27.9. The number of ether oxygens (including phenoxy) is 4. The van der Waals surface area contributed by atoms with E-state index in [4.69, 9.17) is 28.7 Å². The van der Waals surface area contributed by atoms with Crippen molar-refractivity contribution >= 4 is 44.0 Å². The van der Waals surface area contributed by atoms with Crippen LogP contribution in [0.25, 0.3) is 11.0 Å². The third-order valence-electron chi connectivity index (χ3n) is 14.5. The number of nitro benzene ring substituents is 1. The van der Waals surface area contributed by atoms with Crippen molar-refractivity contribution in [3.05, 3.63) is 87.9 Å². The van der Waals surface area contributed by atoms with Crippen LogP contribution in [0, 0.1) is 33.8 Å². The molecule has 2 aromatic heterocycles. The van der Waals surface area contributed by atoms with E-state index >= 15 is 0 Å². The van der Waals surface area contributed by atoms with Crippen LogP contribution in [0.4, 0.5) is 30.2 Å². The second-order valence-corrected chi connectivity index (χ2v) is 20.4. The number of rotatable bonds is 12. The molecular weight excluding hydrogens is 916 g/mol. The summed E-state index contributed by atoms with van der Waals surface area (Å²) in [5.74, 6) is -3.49. The minimum atomic E-state index is -4.77.